The van der Waals surface area contributed by atoms with Crippen molar-refractivity contribution in [2.75, 3.05) is 12.4 Å². The highest BCUT2D eigenvalue weighted by atomic mass is 16.5. The first-order valence-electron chi connectivity index (χ1n) is 7.43. The summed E-state index contributed by atoms with van der Waals surface area (Å²) in [5, 5.41) is 6.46. The average Bonchev–Trinajstić information content (AvgIpc) is 3.03. The molecule has 0 aromatic heterocycles. The summed E-state index contributed by atoms with van der Waals surface area (Å²) in [6, 6.07) is 7.79. The van der Waals surface area contributed by atoms with E-state index in [4.69, 9.17) is 10.5 Å². The molecule has 1 saturated carbocycles. The molecule has 3 rings (SSSR count). The maximum atomic E-state index is 6.48. The van der Waals surface area contributed by atoms with E-state index in [1.54, 1.807) is 13.4 Å². The topological polar surface area (TPSA) is 71.7 Å². The molecule has 21 heavy (non-hydrogen) atoms. The van der Waals surface area contributed by atoms with Gasteiger partial charge in [0.1, 0.15) is 17.2 Å². The fourth-order valence-corrected chi connectivity index (χ4v) is 3.04. The first-order valence-corrected chi connectivity index (χ1v) is 7.43. The number of hydrogen-bond donors (Lipinski definition) is 3. The molecule has 5 heteroatoms. The van der Waals surface area contributed by atoms with Crippen LogP contribution in [0.25, 0.3) is 0 Å². The van der Waals surface area contributed by atoms with Crippen LogP contribution < -0.4 is 21.1 Å². The number of hydrogen-bond acceptors (Lipinski definition) is 5. The zero-order valence-electron chi connectivity index (χ0n) is 12.3. The average molecular weight is 286 g/mol. The number of nitrogens with zero attached hydrogens (tertiary/aromatic N) is 1. The van der Waals surface area contributed by atoms with Crippen molar-refractivity contribution in [1.29, 1.82) is 0 Å². The number of ether oxygens (including phenoxy) is 1. The molecule has 0 bridgehead atoms. The van der Waals surface area contributed by atoms with Crippen LogP contribution in [0.4, 0.5) is 5.69 Å². The van der Waals surface area contributed by atoms with E-state index in [0.29, 0.717) is 5.92 Å². The van der Waals surface area contributed by atoms with E-state index in [1.165, 1.54) is 12.8 Å². The Morgan fingerprint density at radius 3 is 2.67 bits per heavy atom. The molecule has 1 aliphatic heterocycles. The van der Waals surface area contributed by atoms with Crippen LogP contribution in [0.5, 0.6) is 5.75 Å². The molecule has 2 aliphatic rings. The number of aliphatic imine (C=N–C) groups is 1. The monoisotopic (exact) mass is 286 g/mol. The van der Waals surface area contributed by atoms with Gasteiger partial charge in [-0.15, -0.1) is 0 Å². The van der Waals surface area contributed by atoms with Gasteiger partial charge in [0, 0.05) is 11.6 Å². The Kier molecular flexibility index (Phi) is 3.84. The third kappa shape index (κ3) is 3.03. The molecule has 1 fully saturated rings. The van der Waals surface area contributed by atoms with Crippen molar-refractivity contribution < 1.29 is 4.74 Å². The quantitative estimate of drug-likeness (QED) is 0.795. The predicted octanol–water partition coefficient (Wildman–Crippen LogP) is 2.43. The predicted molar refractivity (Wildman–Crippen MR) is 85.2 cm³/mol. The molecule has 4 N–H and O–H groups in total. The zero-order valence-corrected chi connectivity index (χ0v) is 12.3. The van der Waals surface area contributed by atoms with Crippen molar-refractivity contribution in [3.63, 3.8) is 0 Å². The standard InChI is InChI=1S/C16H22N4O/c1-21-14-8-6-13(7-9-14)20-15-10-16(17,19-11-18-15)12-4-2-3-5-12/h6-12,20H,2-5,17H2,1H3,(H,18,19). The summed E-state index contributed by atoms with van der Waals surface area (Å²) < 4.78 is 5.16. The van der Waals surface area contributed by atoms with Gasteiger partial charge in [-0.1, -0.05) is 12.8 Å². The number of benzene rings is 1. The van der Waals surface area contributed by atoms with E-state index in [2.05, 4.69) is 15.6 Å². The molecule has 1 heterocycles. The Hall–Kier alpha value is -2.01. The first-order chi connectivity index (χ1) is 10.2. The van der Waals surface area contributed by atoms with Gasteiger partial charge in [0.05, 0.1) is 13.4 Å². The smallest absolute Gasteiger partial charge is 0.135 e. The van der Waals surface area contributed by atoms with E-state index >= 15 is 0 Å². The highest BCUT2D eigenvalue weighted by Gasteiger charge is 2.36. The van der Waals surface area contributed by atoms with Crippen LogP contribution in [0.3, 0.4) is 0 Å². The van der Waals surface area contributed by atoms with E-state index < -0.39 is 5.66 Å². The Morgan fingerprint density at radius 1 is 1.29 bits per heavy atom. The van der Waals surface area contributed by atoms with Gasteiger partial charge in [0.15, 0.2) is 0 Å². The number of nitrogens with one attached hydrogen (secondary N) is 2. The second kappa shape index (κ2) is 5.77. The Labute approximate surface area is 125 Å². The van der Waals surface area contributed by atoms with E-state index in [9.17, 15) is 0 Å². The molecule has 1 aromatic carbocycles. The second-order valence-corrected chi connectivity index (χ2v) is 5.68. The van der Waals surface area contributed by atoms with E-state index in [-0.39, 0.29) is 0 Å². The Balaban J connectivity index is 1.73. The van der Waals surface area contributed by atoms with Gasteiger partial charge >= 0.3 is 0 Å². The summed E-state index contributed by atoms with van der Waals surface area (Å²) in [6.07, 6.45) is 8.51. The van der Waals surface area contributed by atoms with E-state index in [0.717, 1.165) is 30.1 Å². The Bertz CT molecular complexity index is 546. The normalized spacial score (nSPS) is 25.3. The maximum Gasteiger partial charge on any atom is 0.135 e. The van der Waals surface area contributed by atoms with Crippen LogP contribution in [0.15, 0.2) is 41.2 Å². The van der Waals surface area contributed by atoms with Crippen LogP contribution in [-0.2, 0) is 0 Å². The highest BCUT2D eigenvalue weighted by Crippen LogP contribution is 2.35. The van der Waals surface area contributed by atoms with E-state index in [1.807, 2.05) is 30.3 Å². The van der Waals surface area contributed by atoms with Crippen LogP contribution in [-0.4, -0.2) is 19.1 Å². The van der Waals surface area contributed by atoms with Gasteiger partial charge in [0.25, 0.3) is 0 Å². The first kappa shape index (κ1) is 13.9. The summed E-state index contributed by atoms with van der Waals surface area (Å²) in [5.41, 5.74) is 6.88. The third-order valence-electron chi connectivity index (χ3n) is 4.26. The van der Waals surface area contributed by atoms with Gasteiger partial charge in [-0.25, -0.2) is 4.99 Å². The Morgan fingerprint density at radius 2 is 2.00 bits per heavy atom. The fraction of sp³-hybridized carbons (Fsp3) is 0.438. The number of methoxy groups -OCH3 is 1. The number of nitrogens with two attached hydrogens (primary N) is 1. The molecular formula is C16H22N4O. The van der Waals surface area contributed by atoms with Crippen molar-refractivity contribution in [2.45, 2.75) is 31.3 Å². The van der Waals surface area contributed by atoms with Gasteiger partial charge in [-0.2, -0.15) is 0 Å². The number of anilines is 1. The van der Waals surface area contributed by atoms with Crippen LogP contribution in [0.2, 0.25) is 0 Å². The van der Waals surface area contributed by atoms with Crippen LogP contribution in [0, 0.1) is 5.92 Å². The minimum Gasteiger partial charge on any atom is -0.497 e. The van der Waals surface area contributed by atoms with Gasteiger partial charge < -0.3 is 21.1 Å². The zero-order chi connectivity index (χ0) is 14.7. The van der Waals surface area contributed by atoms with Gasteiger partial charge in [0.2, 0.25) is 0 Å². The summed E-state index contributed by atoms with van der Waals surface area (Å²) in [5.74, 6) is 2.15. The molecular weight excluding hydrogens is 264 g/mol. The minimum atomic E-state index is -0.587. The SMILES string of the molecule is COc1ccc(NC2=CC(N)(C3CCCC3)N=CN2)cc1. The lowest BCUT2D eigenvalue weighted by atomic mass is 9.91. The molecule has 1 unspecified atom stereocenters. The summed E-state index contributed by atoms with van der Waals surface area (Å²) in [4.78, 5) is 4.47. The lowest BCUT2D eigenvalue weighted by Gasteiger charge is -2.32. The lowest BCUT2D eigenvalue weighted by Crippen LogP contribution is -2.47. The van der Waals surface area contributed by atoms with Gasteiger partial charge in [-0.3, -0.25) is 0 Å². The second-order valence-electron chi connectivity index (χ2n) is 5.68. The molecule has 0 saturated heterocycles. The molecule has 0 amide bonds. The van der Waals surface area contributed by atoms with Gasteiger partial charge in [-0.05, 0) is 43.2 Å². The molecule has 0 spiro atoms. The van der Waals surface area contributed by atoms with Crippen molar-refractivity contribution in [3.8, 4) is 5.75 Å². The lowest BCUT2D eigenvalue weighted by molar-refractivity contribution is 0.347. The highest BCUT2D eigenvalue weighted by molar-refractivity contribution is 5.64. The van der Waals surface area contributed by atoms with Crippen molar-refractivity contribution in [1.82, 2.24) is 5.32 Å². The summed E-state index contributed by atoms with van der Waals surface area (Å²) >= 11 is 0. The molecule has 5 nitrogen and oxygen atoms in total. The molecule has 0 radical (unpaired) electrons. The maximum absolute atomic E-state index is 6.48. The summed E-state index contributed by atoms with van der Waals surface area (Å²) in [6.45, 7) is 0. The largest absolute Gasteiger partial charge is 0.497 e. The molecule has 1 atom stereocenters. The number of rotatable bonds is 4. The molecule has 1 aromatic rings. The molecule has 112 valence electrons. The van der Waals surface area contributed by atoms with Crippen molar-refractivity contribution >= 4 is 12.0 Å². The third-order valence-corrected chi connectivity index (χ3v) is 4.26. The van der Waals surface area contributed by atoms with Crippen molar-refractivity contribution in [2.24, 2.45) is 16.6 Å². The van der Waals surface area contributed by atoms with Crippen molar-refractivity contribution in [3.05, 3.63) is 36.2 Å². The fourth-order valence-electron chi connectivity index (χ4n) is 3.04. The molecule has 1 aliphatic carbocycles. The van der Waals surface area contributed by atoms with Crippen LogP contribution >= 0.6 is 0 Å². The summed E-state index contributed by atoms with van der Waals surface area (Å²) in [7, 11) is 1.66. The minimum absolute atomic E-state index is 0.434. The van der Waals surface area contributed by atoms with Crippen LogP contribution in [0.1, 0.15) is 25.7 Å².